The Morgan fingerprint density at radius 1 is 1.22 bits per heavy atom. The Morgan fingerprint density at radius 2 is 1.67 bits per heavy atom. The van der Waals surface area contributed by atoms with Gasteiger partial charge in [0.15, 0.2) is 0 Å². The molecule has 0 aromatic carbocycles. The highest BCUT2D eigenvalue weighted by molar-refractivity contribution is 6.48. The van der Waals surface area contributed by atoms with Crippen molar-refractivity contribution >= 4 is 23.2 Å². The highest BCUT2D eigenvalue weighted by Gasteiger charge is 2.28. The van der Waals surface area contributed by atoms with Crippen LogP contribution in [0.5, 0.6) is 0 Å². The SMILES string of the molecule is [CH2]C1CCC(Cl)(Cl)CC1. The van der Waals surface area contributed by atoms with Crippen LogP contribution in [-0.4, -0.2) is 4.33 Å². The number of hydrogen-bond donors (Lipinski definition) is 0. The summed E-state index contributed by atoms with van der Waals surface area (Å²) in [5.41, 5.74) is 0. The van der Waals surface area contributed by atoms with E-state index in [4.69, 9.17) is 23.2 Å². The van der Waals surface area contributed by atoms with Crippen molar-refractivity contribution in [3.63, 3.8) is 0 Å². The van der Waals surface area contributed by atoms with Crippen molar-refractivity contribution in [2.24, 2.45) is 5.92 Å². The molecule has 0 N–H and O–H groups in total. The first-order chi connectivity index (χ1) is 4.10. The van der Waals surface area contributed by atoms with Crippen LogP contribution in [0.4, 0.5) is 0 Å². The minimum atomic E-state index is -0.436. The molecule has 1 aliphatic rings. The molecule has 0 aromatic heterocycles. The van der Waals surface area contributed by atoms with E-state index in [0.717, 1.165) is 25.7 Å². The zero-order chi connectivity index (χ0) is 6.91. The fraction of sp³-hybridized carbons (Fsp3) is 0.857. The van der Waals surface area contributed by atoms with Gasteiger partial charge in [0.1, 0.15) is 4.33 Å². The van der Waals surface area contributed by atoms with E-state index in [1.54, 1.807) is 0 Å². The van der Waals surface area contributed by atoms with Crippen LogP contribution in [0.2, 0.25) is 0 Å². The lowest BCUT2D eigenvalue weighted by Crippen LogP contribution is -2.20. The summed E-state index contributed by atoms with van der Waals surface area (Å²) in [6.45, 7) is 3.95. The molecule has 0 spiro atoms. The Hall–Kier alpha value is 0.580. The normalized spacial score (nSPS) is 28.3. The Labute approximate surface area is 66.5 Å². The molecule has 2 heteroatoms. The molecule has 0 bridgehead atoms. The fourth-order valence-corrected chi connectivity index (χ4v) is 1.54. The number of halogens is 2. The molecule has 9 heavy (non-hydrogen) atoms. The van der Waals surface area contributed by atoms with Crippen LogP contribution in [0.15, 0.2) is 0 Å². The molecular weight excluding hydrogens is 155 g/mol. The molecule has 0 nitrogen and oxygen atoms in total. The van der Waals surface area contributed by atoms with E-state index >= 15 is 0 Å². The van der Waals surface area contributed by atoms with Crippen LogP contribution in [0, 0.1) is 12.8 Å². The average Bonchev–Trinajstić information content (AvgIpc) is 1.78. The monoisotopic (exact) mass is 165 g/mol. The van der Waals surface area contributed by atoms with E-state index in [1.165, 1.54) is 0 Å². The third kappa shape index (κ3) is 2.35. The van der Waals surface area contributed by atoms with Crippen molar-refractivity contribution in [3.05, 3.63) is 6.92 Å². The second-order valence-corrected chi connectivity index (χ2v) is 4.44. The third-order valence-corrected chi connectivity index (χ3v) is 2.59. The Morgan fingerprint density at radius 3 is 2.00 bits per heavy atom. The predicted molar refractivity (Wildman–Crippen MR) is 41.8 cm³/mol. The zero-order valence-electron chi connectivity index (χ0n) is 5.37. The van der Waals surface area contributed by atoms with E-state index in [-0.39, 0.29) is 0 Å². The summed E-state index contributed by atoms with van der Waals surface area (Å²) in [7, 11) is 0. The van der Waals surface area contributed by atoms with Gasteiger partial charge in [0.2, 0.25) is 0 Å². The maximum atomic E-state index is 5.87. The van der Waals surface area contributed by atoms with Crippen LogP contribution in [0.1, 0.15) is 25.7 Å². The van der Waals surface area contributed by atoms with Crippen molar-refractivity contribution in [2.75, 3.05) is 0 Å². The van der Waals surface area contributed by atoms with Crippen molar-refractivity contribution in [1.29, 1.82) is 0 Å². The quantitative estimate of drug-likeness (QED) is 0.485. The highest BCUT2D eigenvalue weighted by atomic mass is 35.5. The molecule has 0 aliphatic heterocycles. The van der Waals surface area contributed by atoms with Crippen LogP contribution < -0.4 is 0 Å². The van der Waals surface area contributed by atoms with Gasteiger partial charge in [-0.2, -0.15) is 0 Å². The van der Waals surface area contributed by atoms with Crippen molar-refractivity contribution in [2.45, 2.75) is 30.0 Å². The molecule has 1 fully saturated rings. The van der Waals surface area contributed by atoms with Gasteiger partial charge >= 0.3 is 0 Å². The highest BCUT2D eigenvalue weighted by Crippen LogP contribution is 2.39. The molecule has 0 unspecified atom stereocenters. The van der Waals surface area contributed by atoms with Gasteiger partial charge < -0.3 is 0 Å². The summed E-state index contributed by atoms with van der Waals surface area (Å²) < 4.78 is -0.436. The first-order valence-corrected chi connectivity index (χ1v) is 4.07. The molecule has 0 heterocycles. The molecule has 0 saturated heterocycles. The van der Waals surface area contributed by atoms with Gasteiger partial charge in [-0.1, -0.05) is 6.92 Å². The third-order valence-electron chi connectivity index (χ3n) is 1.84. The van der Waals surface area contributed by atoms with Crippen LogP contribution in [0.25, 0.3) is 0 Å². The topological polar surface area (TPSA) is 0 Å². The number of rotatable bonds is 0. The smallest absolute Gasteiger partial charge is 0.102 e. The predicted octanol–water partition coefficient (Wildman–Crippen LogP) is 3.18. The second kappa shape index (κ2) is 2.67. The summed E-state index contributed by atoms with van der Waals surface area (Å²) in [5.74, 6) is 0.579. The average molecular weight is 166 g/mol. The van der Waals surface area contributed by atoms with Gasteiger partial charge in [-0.05, 0) is 31.6 Å². The lowest BCUT2D eigenvalue weighted by molar-refractivity contribution is 0.398. The van der Waals surface area contributed by atoms with Gasteiger partial charge in [0.25, 0.3) is 0 Å². The first kappa shape index (κ1) is 7.68. The molecule has 53 valence electrons. The molecule has 0 amide bonds. The van der Waals surface area contributed by atoms with Crippen LogP contribution >= 0.6 is 23.2 Å². The Balaban J connectivity index is 2.35. The fourth-order valence-electron chi connectivity index (χ4n) is 1.10. The summed E-state index contributed by atoms with van der Waals surface area (Å²) in [4.78, 5) is 0. The van der Waals surface area contributed by atoms with E-state index in [0.29, 0.717) is 5.92 Å². The maximum absolute atomic E-state index is 5.87. The van der Waals surface area contributed by atoms with Gasteiger partial charge in [0, 0.05) is 0 Å². The van der Waals surface area contributed by atoms with E-state index in [2.05, 4.69) is 6.92 Å². The largest absolute Gasteiger partial charge is 0.118 e. The van der Waals surface area contributed by atoms with Crippen molar-refractivity contribution < 1.29 is 0 Å². The van der Waals surface area contributed by atoms with Crippen molar-refractivity contribution in [3.8, 4) is 0 Å². The van der Waals surface area contributed by atoms with Crippen LogP contribution in [0.3, 0.4) is 0 Å². The second-order valence-electron chi connectivity index (χ2n) is 2.80. The molecule has 0 atom stereocenters. The van der Waals surface area contributed by atoms with Gasteiger partial charge in [-0.15, -0.1) is 23.2 Å². The van der Waals surface area contributed by atoms with E-state index in [9.17, 15) is 0 Å². The molecule has 1 rings (SSSR count). The van der Waals surface area contributed by atoms with Crippen molar-refractivity contribution in [1.82, 2.24) is 0 Å². The number of hydrogen-bond acceptors (Lipinski definition) is 0. The van der Waals surface area contributed by atoms with Gasteiger partial charge in [0.05, 0.1) is 0 Å². The molecule has 0 aromatic rings. The Bertz CT molecular complexity index is 89.1. The summed E-state index contributed by atoms with van der Waals surface area (Å²) in [5, 5.41) is 0. The van der Waals surface area contributed by atoms with Gasteiger partial charge in [-0.3, -0.25) is 0 Å². The van der Waals surface area contributed by atoms with Gasteiger partial charge in [-0.25, -0.2) is 0 Å². The summed E-state index contributed by atoms with van der Waals surface area (Å²) in [6.07, 6.45) is 3.97. The summed E-state index contributed by atoms with van der Waals surface area (Å²) >= 11 is 11.7. The lowest BCUT2D eigenvalue weighted by atomic mass is 9.90. The molecular formula is C7H11Cl2. The minimum Gasteiger partial charge on any atom is -0.102 e. The molecule has 1 saturated carbocycles. The lowest BCUT2D eigenvalue weighted by Gasteiger charge is -2.28. The molecule has 1 radical (unpaired) electrons. The Kier molecular flexibility index (Phi) is 2.28. The zero-order valence-corrected chi connectivity index (χ0v) is 6.88. The van der Waals surface area contributed by atoms with E-state index in [1.807, 2.05) is 0 Å². The minimum absolute atomic E-state index is 0.436. The van der Waals surface area contributed by atoms with E-state index < -0.39 is 4.33 Å². The maximum Gasteiger partial charge on any atom is 0.118 e. The molecule has 1 aliphatic carbocycles. The van der Waals surface area contributed by atoms with Crippen LogP contribution in [-0.2, 0) is 0 Å². The first-order valence-electron chi connectivity index (χ1n) is 3.31. The standard InChI is InChI=1S/C7H11Cl2/c1-6-2-4-7(8,9)5-3-6/h6H,1-5H2. The summed E-state index contributed by atoms with van der Waals surface area (Å²) in [6, 6.07) is 0. The number of alkyl halides is 2.